The van der Waals surface area contributed by atoms with Gasteiger partial charge in [0, 0.05) is 6.20 Å². The minimum Gasteiger partial charge on any atom is -0.360 e. The summed E-state index contributed by atoms with van der Waals surface area (Å²) in [7, 11) is 0. The number of hydrogen-bond donors (Lipinski definition) is 2. The van der Waals surface area contributed by atoms with Crippen LogP contribution in [0.25, 0.3) is 0 Å². The van der Waals surface area contributed by atoms with Crippen molar-refractivity contribution in [3.63, 3.8) is 0 Å². The molecular formula is C11H8N4O. The highest BCUT2D eigenvalue weighted by molar-refractivity contribution is 6.15. The molecule has 1 heterocycles. The molecule has 0 aromatic heterocycles. The molecule has 2 N–H and O–H groups in total. The maximum absolute atomic E-state index is 11.1. The lowest BCUT2D eigenvalue weighted by Crippen LogP contribution is -2.12. The van der Waals surface area contributed by atoms with Crippen molar-refractivity contribution in [1.29, 1.82) is 5.26 Å². The van der Waals surface area contributed by atoms with Gasteiger partial charge in [0.2, 0.25) is 0 Å². The molecule has 2 rings (SSSR count). The van der Waals surface area contributed by atoms with Crippen molar-refractivity contribution in [2.75, 3.05) is 5.32 Å². The van der Waals surface area contributed by atoms with Crippen LogP contribution in [0.5, 0.6) is 0 Å². The fourth-order valence-electron chi connectivity index (χ4n) is 1.25. The first-order valence-corrected chi connectivity index (χ1v) is 4.60. The molecule has 1 aliphatic heterocycles. The van der Waals surface area contributed by atoms with Crippen LogP contribution in [0.4, 0.5) is 5.69 Å². The van der Waals surface area contributed by atoms with Crippen LogP contribution in [-0.2, 0) is 4.79 Å². The Balaban J connectivity index is 2.19. The predicted octanol–water partition coefficient (Wildman–Crippen LogP) is 0.970. The van der Waals surface area contributed by atoms with Crippen LogP contribution < -0.4 is 10.7 Å². The Morgan fingerprint density at radius 1 is 1.44 bits per heavy atom. The number of nitriles is 1. The van der Waals surface area contributed by atoms with Crippen molar-refractivity contribution < 1.29 is 4.79 Å². The summed E-state index contributed by atoms with van der Waals surface area (Å²) in [6.07, 6.45) is 2.94. The Hall–Kier alpha value is -2.61. The zero-order valence-corrected chi connectivity index (χ0v) is 8.27. The number of hydrogen-bond acceptors (Lipinski definition) is 4. The van der Waals surface area contributed by atoms with Gasteiger partial charge in [0.1, 0.15) is 6.07 Å². The van der Waals surface area contributed by atoms with Crippen LogP contribution in [0.3, 0.4) is 0 Å². The number of para-hydroxylation sites is 1. The van der Waals surface area contributed by atoms with Crippen LogP contribution >= 0.6 is 0 Å². The number of nitrogens with one attached hydrogen (secondary N) is 2. The third-order valence-corrected chi connectivity index (χ3v) is 2.06. The molecule has 0 spiro atoms. The number of hydrazone groups is 1. The zero-order chi connectivity index (χ0) is 11.4. The molecule has 5 nitrogen and oxygen atoms in total. The quantitative estimate of drug-likeness (QED) is 0.717. The van der Waals surface area contributed by atoms with E-state index in [1.807, 2.05) is 6.07 Å². The zero-order valence-electron chi connectivity index (χ0n) is 8.27. The van der Waals surface area contributed by atoms with E-state index in [2.05, 4.69) is 21.9 Å². The lowest BCUT2D eigenvalue weighted by molar-refractivity contribution is -0.116. The highest BCUT2D eigenvalue weighted by Crippen LogP contribution is 2.13. The summed E-state index contributed by atoms with van der Waals surface area (Å²) in [4.78, 5) is 11.1. The minimum atomic E-state index is -0.262. The van der Waals surface area contributed by atoms with Gasteiger partial charge in [0.25, 0.3) is 5.91 Å². The van der Waals surface area contributed by atoms with Gasteiger partial charge in [-0.2, -0.15) is 10.4 Å². The number of benzene rings is 1. The van der Waals surface area contributed by atoms with Crippen molar-refractivity contribution in [2.24, 2.45) is 5.10 Å². The highest BCUT2D eigenvalue weighted by Gasteiger charge is 2.11. The number of carbonyl (C=O) groups excluding carboxylic acids is 1. The smallest absolute Gasteiger partial charge is 0.274 e. The Bertz CT molecular complexity index is 525. The van der Waals surface area contributed by atoms with Gasteiger partial charge in [0.05, 0.1) is 23.0 Å². The number of nitrogens with zero attached hydrogens (tertiary/aromatic N) is 2. The van der Waals surface area contributed by atoms with E-state index in [4.69, 9.17) is 5.26 Å². The van der Waals surface area contributed by atoms with Crippen molar-refractivity contribution in [2.45, 2.75) is 0 Å². The van der Waals surface area contributed by atoms with E-state index in [9.17, 15) is 4.79 Å². The standard InChI is InChI=1S/C11H8N4O/c12-5-8-3-1-2-4-10(8)13-6-9-7-14-15-11(9)16/h1-4,6-7,13H,(H,15,16)/b9-6+. The van der Waals surface area contributed by atoms with Gasteiger partial charge < -0.3 is 5.32 Å². The topological polar surface area (TPSA) is 77.3 Å². The monoisotopic (exact) mass is 212 g/mol. The average molecular weight is 212 g/mol. The first-order valence-electron chi connectivity index (χ1n) is 4.60. The summed E-state index contributed by atoms with van der Waals surface area (Å²) in [5.74, 6) is -0.262. The van der Waals surface area contributed by atoms with Crippen molar-refractivity contribution in [3.8, 4) is 6.07 Å². The number of amides is 1. The van der Waals surface area contributed by atoms with Gasteiger partial charge in [-0.15, -0.1) is 0 Å². The molecule has 16 heavy (non-hydrogen) atoms. The highest BCUT2D eigenvalue weighted by atomic mass is 16.2. The normalized spacial score (nSPS) is 15.9. The molecule has 78 valence electrons. The Kier molecular flexibility index (Phi) is 2.65. The molecule has 0 unspecified atom stereocenters. The summed E-state index contributed by atoms with van der Waals surface area (Å²) in [5, 5.41) is 15.3. The van der Waals surface area contributed by atoms with Gasteiger partial charge in [-0.25, -0.2) is 5.43 Å². The first-order chi connectivity index (χ1) is 7.81. The van der Waals surface area contributed by atoms with E-state index in [1.54, 1.807) is 18.2 Å². The molecular weight excluding hydrogens is 204 g/mol. The molecule has 1 aromatic carbocycles. The fourth-order valence-corrected chi connectivity index (χ4v) is 1.25. The molecule has 0 radical (unpaired) electrons. The average Bonchev–Trinajstić information content (AvgIpc) is 2.72. The summed E-state index contributed by atoms with van der Waals surface area (Å²) < 4.78 is 0. The molecule has 5 heteroatoms. The van der Waals surface area contributed by atoms with E-state index in [1.165, 1.54) is 12.4 Å². The summed E-state index contributed by atoms with van der Waals surface area (Å²) in [6.45, 7) is 0. The minimum absolute atomic E-state index is 0.262. The van der Waals surface area contributed by atoms with Crippen LogP contribution in [0.2, 0.25) is 0 Å². The van der Waals surface area contributed by atoms with Crippen LogP contribution in [0.15, 0.2) is 41.1 Å². The first kappa shape index (κ1) is 9.93. The molecule has 0 fully saturated rings. The second-order valence-electron chi connectivity index (χ2n) is 3.10. The number of rotatable bonds is 2. The summed E-state index contributed by atoms with van der Waals surface area (Å²) in [6, 6.07) is 9.11. The van der Waals surface area contributed by atoms with Gasteiger partial charge in [-0.1, -0.05) is 12.1 Å². The molecule has 0 saturated carbocycles. The molecule has 1 aromatic rings. The third kappa shape index (κ3) is 1.91. The SMILES string of the molecule is N#Cc1ccccc1N/C=C1\C=NNC1=O. The summed E-state index contributed by atoms with van der Waals surface area (Å²) in [5.41, 5.74) is 3.90. The molecule has 0 saturated heterocycles. The van der Waals surface area contributed by atoms with Crippen LogP contribution in [-0.4, -0.2) is 12.1 Å². The number of carbonyl (C=O) groups is 1. The second kappa shape index (κ2) is 4.28. The maximum atomic E-state index is 11.1. The fraction of sp³-hybridized carbons (Fsp3) is 0. The van der Waals surface area contributed by atoms with Gasteiger partial charge in [-0.05, 0) is 12.1 Å². The Labute approximate surface area is 92.1 Å². The molecule has 1 amide bonds. The van der Waals surface area contributed by atoms with Crippen molar-refractivity contribution in [1.82, 2.24) is 5.43 Å². The second-order valence-corrected chi connectivity index (χ2v) is 3.10. The molecule has 0 aliphatic carbocycles. The molecule has 1 aliphatic rings. The largest absolute Gasteiger partial charge is 0.360 e. The van der Waals surface area contributed by atoms with Crippen molar-refractivity contribution in [3.05, 3.63) is 41.6 Å². The predicted molar refractivity (Wildman–Crippen MR) is 59.5 cm³/mol. The Morgan fingerprint density at radius 2 is 2.25 bits per heavy atom. The molecule has 0 atom stereocenters. The van der Waals surface area contributed by atoms with E-state index in [-0.39, 0.29) is 5.91 Å². The van der Waals surface area contributed by atoms with E-state index in [0.717, 1.165) is 0 Å². The lowest BCUT2D eigenvalue weighted by Gasteiger charge is -2.02. The van der Waals surface area contributed by atoms with E-state index >= 15 is 0 Å². The van der Waals surface area contributed by atoms with Crippen LogP contribution in [0.1, 0.15) is 5.56 Å². The van der Waals surface area contributed by atoms with Crippen molar-refractivity contribution >= 4 is 17.8 Å². The van der Waals surface area contributed by atoms with E-state index < -0.39 is 0 Å². The van der Waals surface area contributed by atoms with Crippen LogP contribution in [0, 0.1) is 11.3 Å². The number of anilines is 1. The third-order valence-electron chi connectivity index (χ3n) is 2.06. The lowest BCUT2D eigenvalue weighted by atomic mass is 10.2. The summed E-state index contributed by atoms with van der Waals surface area (Å²) >= 11 is 0. The van der Waals surface area contributed by atoms with Gasteiger partial charge in [-0.3, -0.25) is 4.79 Å². The van der Waals surface area contributed by atoms with Gasteiger partial charge in [0.15, 0.2) is 0 Å². The molecule has 0 bridgehead atoms. The van der Waals surface area contributed by atoms with E-state index in [0.29, 0.717) is 16.8 Å². The van der Waals surface area contributed by atoms with Gasteiger partial charge >= 0.3 is 0 Å². The maximum Gasteiger partial charge on any atom is 0.274 e. The Morgan fingerprint density at radius 3 is 2.94 bits per heavy atom.